The molecule has 2 unspecified atom stereocenters. The molecule has 1 aliphatic rings. The molecule has 1 aromatic carbocycles. The number of alkyl halides is 2. The van der Waals surface area contributed by atoms with E-state index in [2.05, 4.69) is 10.1 Å². The topological polar surface area (TPSA) is 64.4 Å². The van der Waals surface area contributed by atoms with Crippen LogP contribution < -0.4 is 15.8 Å². The Morgan fingerprint density at radius 3 is 2.67 bits per heavy atom. The van der Waals surface area contributed by atoms with Crippen LogP contribution in [0.2, 0.25) is 0 Å². The number of halogens is 2. The van der Waals surface area contributed by atoms with E-state index in [1.165, 1.54) is 12.1 Å². The van der Waals surface area contributed by atoms with Crippen LogP contribution in [0.3, 0.4) is 0 Å². The van der Waals surface area contributed by atoms with Gasteiger partial charge in [-0.05, 0) is 43.0 Å². The molecule has 1 saturated carbocycles. The monoisotopic (exact) mass is 298 g/mol. The summed E-state index contributed by atoms with van der Waals surface area (Å²) in [6.07, 6.45) is 2.93. The van der Waals surface area contributed by atoms with Crippen LogP contribution in [0.5, 0.6) is 5.75 Å². The van der Waals surface area contributed by atoms with Gasteiger partial charge in [0.2, 0.25) is 5.91 Å². The number of nitrogens with one attached hydrogen (secondary N) is 1. The largest absolute Gasteiger partial charge is 0.435 e. The minimum Gasteiger partial charge on any atom is -0.435 e. The lowest BCUT2D eigenvalue weighted by atomic mass is 9.95. The molecule has 0 spiro atoms. The van der Waals surface area contributed by atoms with Gasteiger partial charge in [-0.15, -0.1) is 0 Å². The minimum absolute atomic E-state index is 0.00330. The summed E-state index contributed by atoms with van der Waals surface area (Å²) in [7, 11) is 0. The summed E-state index contributed by atoms with van der Waals surface area (Å²) in [5.41, 5.74) is 6.51. The highest BCUT2D eigenvalue weighted by atomic mass is 19.3. The summed E-state index contributed by atoms with van der Waals surface area (Å²) >= 11 is 0. The molecule has 3 N–H and O–H groups in total. The maximum Gasteiger partial charge on any atom is 0.387 e. The van der Waals surface area contributed by atoms with Crippen molar-refractivity contribution in [2.24, 2.45) is 17.6 Å². The fourth-order valence-electron chi connectivity index (χ4n) is 2.77. The zero-order valence-electron chi connectivity index (χ0n) is 11.7. The van der Waals surface area contributed by atoms with E-state index in [4.69, 9.17) is 5.73 Å². The van der Waals surface area contributed by atoms with Crippen LogP contribution in [-0.2, 0) is 11.3 Å². The van der Waals surface area contributed by atoms with Gasteiger partial charge < -0.3 is 15.8 Å². The highest BCUT2D eigenvalue weighted by Gasteiger charge is 2.31. The molecule has 116 valence electrons. The van der Waals surface area contributed by atoms with E-state index in [1.807, 2.05) is 0 Å². The van der Waals surface area contributed by atoms with E-state index in [0.717, 1.165) is 24.8 Å². The molecule has 0 radical (unpaired) electrons. The van der Waals surface area contributed by atoms with Gasteiger partial charge in [0.25, 0.3) is 0 Å². The molecule has 1 aliphatic carbocycles. The zero-order valence-corrected chi connectivity index (χ0v) is 11.7. The molecule has 0 heterocycles. The van der Waals surface area contributed by atoms with Crippen LogP contribution in [0.1, 0.15) is 24.8 Å². The Morgan fingerprint density at radius 2 is 2.05 bits per heavy atom. The second-order valence-corrected chi connectivity index (χ2v) is 5.27. The van der Waals surface area contributed by atoms with Gasteiger partial charge in [0.05, 0.1) is 0 Å². The molecule has 2 rings (SSSR count). The van der Waals surface area contributed by atoms with Gasteiger partial charge >= 0.3 is 6.61 Å². The number of rotatable bonds is 6. The first-order valence-corrected chi connectivity index (χ1v) is 7.11. The van der Waals surface area contributed by atoms with Crippen LogP contribution in [0.4, 0.5) is 8.78 Å². The number of carbonyl (C=O) groups is 1. The van der Waals surface area contributed by atoms with Crippen molar-refractivity contribution in [2.75, 3.05) is 6.54 Å². The van der Waals surface area contributed by atoms with Crippen molar-refractivity contribution in [3.63, 3.8) is 0 Å². The lowest BCUT2D eigenvalue weighted by molar-refractivity contribution is -0.126. The van der Waals surface area contributed by atoms with E-state index in [1.54, 1.807) is 12.1 Å². The maximum absolute atomic E-state index is 12.1. The molecule has 0 bridgehead atoms. The van der Waals surface area contributed by atoms with Gasteiger partial charge in [-0.25, -0.2) is 0 Å². The van der Waals surface area contributed by atoms with E-state index in [-0.39, 0.29) is 23.5 Å². The standard InChI is InChI=1S/C15H20F2N2O2/c16-15(17)21-12-6-4-10(5-7-12)9-19-14(20)13-3-1-2-11(13)8-18/h4-7,11,13,15H,1-3,8-9,18H2,(H,19,20). The van der Waals surface area contributed by atoms with Crippen molar-refractivity contribution in [1.82, 2.24) is 5.32 Å². The molecule has 4 nitrogen and oxygen atoms in total. The van der Waals surface area contributed by atoms with Crippen molar-refractivity contribution >= 4 is 5.91 Å². The van der Waals surface area contributed by atoms with Gasteiger partial charge in [-0.2, -0.15) is 8.78 Å². The first kappa shape index (κ1) is 15.7. The van der Waals surface area contributed by atoms with Crippen LogP contribution >= 0.6 is 0 Å². The summed E-state index contributed by atoms with van der Waals surface area (Å²) < 4.78 is 28.3. The summed E-state index contributed by atoms with van der Waals surface area (Å²) in [4.78, 5) is 12.1. The predicted molar refractivity (Wildman–Crippen MR) is 74.8 cm³/mol. The van der Waals surface area contributed by atoms with Crippen molar-refractivity contribution in [1.29, 1.82) is 0 Å². The Balaban J connectivity index is 1.83. The van der Waals surface area contributed by atoms with Crippen molar-refractivity contribution in [3.8, 4) is 5.75 Å². The maximum atomic E-state index is 12.1. The Hall–Kier alpha value is -1.69. The summed E-state index contributed by atoms with van der Waals surface area (Å²) in [5.74, 6) is 0.401. The summed E-state index contributed by atoms with van der Waals surface area (Å²) in [6.45, 7) is -1.91. The van der Waals surface area contributed by atoms with E-state index in [9.17, 15) is 13.6 Å². The lowest BCUT2D eigenvalue weighted by Gasteiger charge is -2.17. The highest BCUT2D eigenvalue weighted by molar-refractivity contribution is 5.79. The Labute approximate surface area is 122 Å². The molecule has 0 aliphatic heterocycles. The summed E-state index contributed by atoms with van der Waals surface area (Å²) in [6, 6.07) is 6.25. The van der Waals surface area contributed by atoms with Crippen molar-refractivity contribution in [3.05, 3.63) is 29.8 Å². The van der Waals surface area contributed by atoms with Gasteiger partial charge in [-0.3, -0.25) is 4.79 Å². The number of hydrogen-bond acceptors (Lipinski definition) is 3. The smallest absolute Gasteiger partial charge is 0.387 e. The number of carbonyl (C=O) groups excluding carboxylic acids is 1. The average Bonchev–Trinajstić information content (AvgIpc) is 2.94. The molecule has 0 saturated heterocycles. The lowest BCUT2D eigenvalue weighted by Crippen LogP contribution is -2.34. The van der Waals surface area contributed by atoms with E-state index >= 15 is 0 Å². The number of ether oxygens (including phenoxy) is 1. The van der Waals surface area contributed by atoms with Gasteiger partial charge in [-0.1, -0.05) is 18.6 Å². The fraction of sp³-hybridized carbons (Fsp3) is 0.533. The molecular formula is C15H20F2N2O2. The van der Waals surface area contributed by atoms with Gasteiger partial charge in [0.15, 0.2) is 0 Å². The number of hydrogen-bond donors (Lipinski definition) is 2. The molecular weight excluding hydrogens is 278 g/mol. The third-order valence-electron chi connectivity index (χ3n) is 3.91. The SMILES string of the molecule is NCC1CCCC1C(=O)NCc1ccc(OC(F)F)cc1. The molecule has 1 amide bonds. The summed E-state index contributed by atoms with van der Waals surface area (Å²) in [5, 5.41) is 2.88. The molecule has 1 aromatic rings. The van der Waals surface area contributed by atoms with Crippen molar-refractivity contribution in [2.45, 2.75) is 32.4 Å². The van der Waals surface area contributed by atoms with Crippen molar-refractivity contribution < 1.29 is 18.3 Å². The molecule has 6 heteroatoms. The molecule has 2 atom stereocenters. The minimum atomic E-state index is -2.83. The first-order chi connectivity index (χ1) is 10.1. The Morgan fingerprint density at radius 1 is 1.33 bits per heavy atom. The second-order valence-electron chi connectivity index (χ2n) is 5.27. The third kappa shape index (κ3) is 4.39. The second kappa shape index (κ2) is 7.36. The normalized spacial score (nSPS) is 21.5. The van der Waals surface area contributed by atoms with Crippen LogP contribution in [0, 0.1) is 11.8 Å². The van der Waals surface area contributed by atoms with E-state index in [0.29, 0.717) is 13.1 Å². The average molecular weight is 298 g/mol. The van der Waals surface area contributed by atoms with E-state index < -0.39 is 6.61 Å². The number of benzene rings is 1. The Kier molecular flexibility index (Phi) is 5.50. The van der Waals surface area contributed by atoms with Gasteiger partial charge in [0.1, 0.15) is 5.75 Å². The van der Waals surface area contributed by atoms with Crippen LogP contribution in [0.25, 0.3) is 0 Å². The van der Waals surface area contributed by atoms with Crippen LogP contribution in [0.15, 0.2) is 24.3 Å². The first-order valence-electron chi connectivity index (χ1n) is 7.11. The number of amides is 1. The molecule has 0 aromatic heterocycles. The fourth-order valence-corrected chi connectivity index (χ4v) is 2.77. The van der Waals surface area contributed by atoms with Crippen LogP contribution in [-0.4, -0.2) is 19.1 Å². The predicted octanol–water partition coefficient (Wildman–Crippen LogP) is 2.28. The molecule has 21 heavy (non-hydrogen) atoms. The highest BCUT2D eigenvalue weighted by Crippen LogP contribution is 2.31. The Bertz CT molecular complexity index is 465. The quantitative estimate of drug-likeness (QED) is 0.847. The van der Waals surface area contributed by atoms with Gasteiger partial charge in [0, 0.05) is 12.5 Å². The number of nitrogens with two attached hydrogens (primary N) is 1. The molecule has 1 fully saturated rings. The third-order valence-corrected chi connectivity index (χ3v) is 3.91. The zero-order chi connectivity index (χ0) is 15.2.